The van der Waals surface area contributed by atoms with Crippen LogP contribution in [0.15, 0.2) is 4.99 Å². The summed E-state index contributed by atoms with van der Waals surface area (Å²) in [4.78, 5) is 18.0. The summed E-state index contributed by atoms with van der Waals surface area (Å²) in [6.45, 7) is 5.11. The summed E-state index contributed by atoms with van der Waals surface area (Å²) in [5, 5.41) is 6.53. The monoisotopic (exact) mass is 326 g/mol. The zero-order chi connectivity index (χ0) is 17.1. The van der Waals surface area contributed by atoms with Crippen molar-refractivity contribution >= 4 is 11.9 Å². The molecule has 0 aliphatic heterocycles. The Balaban J connectivity index is 2.53. The quantitative estimate of drug-likeness (QED) is 0.499. The van der Waals surface area contributed by atoms with Crippen molar-refractivity contribution < 1.29 is 9.53 Å². The molecule has 134 valence electrons. The molecule has 2 N–H and O–H groups in total. The molecule has 0 aromatic heterocycles. The number of amides is 1. The fourth-order valence-electron chi connectivity index (χ4n) is 3.03. The normalized spacial score (nSPS) is 17.1. The third kappa shape index (κ3) is 7.20. The zero-order valence-electron chi connectivity index (χ0n) is 15.3. The van der Waals surface area contributed by atoms with E-state index in [4.69, 9.17) is 9.73 Å². The van der Waals surface area contributed by atoms with Crippen LogP contribution < -0.4 is 10.6 Å². The number of ether oxygens (including phenoxy) is 1. The van der Waals surface area contributed by atoms with Crippen molar-refractivity contribution in [2.45, 2.75) is 45.4 Å². The van der Waals surface area contributed by atoms with E-state index in [0.29, 0.717) is 13.0 Å². The summed E-state index contributed by atoms with van der Waals surface area (Å²) in [6, 6.07) is 0. The van der Waals surface area contributed by atoms with Gasteiger partial charge in [-0.05, 0) is 31.6 Å². The van der Waals surface area contributed by atoms with Gasteiger partial charge in [-0.2, -0.15) is 0 Å². The summed E-state index contributed by atoms with van der Waals surface area (Å²) in [5.74, 6) is 0.934. The molecule has 0 saturated heterocycles. The third-order valence-corrected chi connectivity index (χ3v) is 4.55. The average Bonchev–Trinajstić information content (AvgIpc) is 2.99. The van der Waals surface area contributed by atoms with Gasteiger partial charge in [0.1, 0.15) is 0 Å². The Labute approximate surface area is 141 Å². The number of carbonyl (C=O) groups excluding carboxylic acids is 1. The van der Waals surface area contributed by atoms with E-state index in [1.807, 2.05) is 0 Å². The summed E-state index contributed by atoms with van der Waals surface area (Å²) in [7, 11) is 5.32. The number of nitrogens with one attached hydrogen (secondary N) is 2. The van der Waals surface area contributed by atoms with E-state index in [1.165, 1.54) is 25.7 Å². The molecule has 0 bridgehead atoms. The van der Waals surface area contributed by atoms with Crippen LogP contribution >= 0.6 is 0 Å². The Morgan fingerprint density at radius 2 is 1.96 bits per heavy atom. The molecule has 6 nitrogen and oxygen atoms in total. The lowest BCUT2D eigenvalue weighted by molar-refractivity contribution is -0.128. The summed E-state index contributed by atoms with van der Waals surface area (Å²) in [5.41, 5.74) is 0.290. The molecule has 1 amide bonds. The smallest absolute Gasteiger partial charge is 0.223 e. The lowest BCUT2D eigenvalue weighted by atomic mass is 9.83. The minimum absolute atomic E-state index is 0.126. The Bertz CT molecular complexity index is 377. The van der Waals surface area contributed by atoms with E-state index in [0.717, 1.165) is 32.1 Å². The highest BCUT2D eigenvalue weighted by Gasteiger charge is 2.33. The fraction of sp³-hybridized carbons (Fsp3) is 0.882. The molecule has 0 atom stereocenters. The lowest BCUT2D eigenvalue weighted by Gasteiger charge is -2.27. The van der Waals surface area contributed by atoms with E-state index < -0.39 is 0 Å². The summed E-state index contributed by atoms with van der Waals surface area (Å²) in [6.07, 6.45) is 6.61. The Morgan fingerprint density at radius 3 is 2.52 bits per heavy atom. The van der Waals surface area contributed by atoms with Gasteiger partial charge in [0.25, 0.3) is 0 Å². The second kappa shape index (κ2) is 10.5. The van der Waals surface area contributed by atoms with Crippen molar-refractivity contribution in [3.05, 3.63) is 0 Å². The first kappa shape index (κ1) is 19.7. The molecule has 1 fully saturated rings. The fourth-order valence-corrected chi connectivity index (χ4v) is 3.03. The highest BCUT2D eigenvalue weighted by atomic mass is 16.5. The van der Waals surface area contributed by atoms with Crippen molar-refractivity contribution in [2.24, 2.45) is 10.4 Å². The molecule has 1 saturated carbocycles. The predicted octanol–water partition coefficient (Wildman–Crippen LogP) is 1.62. The molecule has 1 rings (SSSR count). The minimum atomic E-state index is 0.126. The van der Waals surface area contributed by atoms with Gasteiger partial charge in [-0.1, -0.05) is 12.8 Å². The number of aliphatic imine (C=N–C) groups is 1. The van der Waals surface area contributed by atoms with E-state index in [1.54, 1.807) is 26.1 Å². The molecule has 1 aliphatic rings. The molecule has 0 radical (unpaired) electrons. The molecule has 0 unspecified atom stereocenters. The van der Waals surface area contributed by atoms with Crippen molar-refractivity contribution in [3.8, 4) is 0 Å². The lowest BCUT2D eigenvalue weighted by Crippen LogP contribution is -2.40. The van der Waals surface area contributed by atoms with Gasteiger partial charge >= 0.3 is 0 Å². The average molecular weight is 326 g/mol. The van der Waals surface area contributed by atoms with Gasteiger partial charge in [0.2, 0.25) is 5.91 Å². The summed E-state index contributed by atoms with van der Waals surface area (Å²) >= 11 is 0. The largest absolute Gasteiger partial charge is 0.385 e. The molecular weight excluding hydrogens is 292 g/mol. The molecule has 0 aromatic rings. The van der Waals surface area contributed by atoms with Crippen LogP contribution in [0, 0.1) is 5.41 Å². The molecule has 0 aromatic carbocycles. The number of rotatable bonds is 9. The van der Waals surface area contributed by atoms with Gasteiger partial charge in [0, 0.05) is 53.9 Å². The molecule has 23 heavy (non-hydrogen) atoms. The van der Waals surface area contributed by atoms with E-state index in [2.05, 4.69) is 17.6 Å². The Morgan fingerprint density at radius 1 is 1.26 bits per heavy atom. The maximum absolute atomic E-state index is 11.6. The van der Waals surface area contributed by atoms with Gasteiger partial charge < -0.3 is 20.3 Å². The van der Waals surface area contributed by atoms with Crippen LogP contribution in [-0.2, 0) is 9.53 Å². The molecule has 6 heteroatoms. The first-order chi connectivity index (χ1) is 11.0. The number of guanidine groups is 1. The van der Waals surface area contributed by atoms with Gasteiger partial charge in [0.15, 0.2) is 5.96 Å². The molecule has 1 aliphatic carbocycles. The van der Waals surface area contributed by atoms with Crippen LogP contribution in [0.25, 0.3) is 0 Å². The first-order valence-electron chi connectivity index (χ1n) is 8.74. The van der Waals surface area contributed by atoms with Gasteiger partial charge in [-0.3, -0.25) is 9.79 Å². The Hall–Kier alpha value is -1.30. The van der Waals surface area contributed by atoms with Crippen LogP contribution in [0.1, 0.15) is 45.4 Å². The Kier molecular flexibility index (Phi) is 8.99. The summed E-state index contributed by atoms with van der Waals surface area (Å²) < 4.78 is 5.27. The van der Waals surface area contributed by atoms with Crippen molar-refractivity contribution in [1.29, 1.82) is 0 Å². The van der Waals surface area contributed by atoms with Crippen LogP contribution in [0.2, 0.25) is 0 Å². The third-order valence-electron chi connectivity index (χ3n) is 4.55. The number of hydrogen-bond donors (Lipinski definition) is 2. The maximum atomic E-state index is 11.6. The molecular formula is C17H34N4O2. The second-order valence-corrected chi connectivity index (χ2v) is 6.61. The zero-order valence-corrected chi connectivity index (χ0v) is 15.3. The highest BCUT2D eigenvalue weighted by molar-refractivity contribution is 5.81. The van der Waals surface area contributed by atoms with E-state index in [9.17, 15) is 4.79 Å². The van der Waals surface area contributed by atoms with Gasteiger partial charge in [-0.15, -0.1) is 0 Å². The van der Waals surface area contributed by atoms with Crippen molar-refractivity contribution in [1.82, 2.24) is 15.5 Å². The minimum Gasteiger partial charge on any atom is -0.385 e. The predicted molar refractivity (Wildman–Crippen MR) is 94.7 cm³/mol. The SMILES string of the molecule is CCNC(=NCC1(CCOC)CCCC1)NCCC(=O)N(C)C. The first-order valence-corrected chi connectivity index (χ1v) is 8.74. The van der Waals surface area contributed by atoms with Crippen LogP contribution in [-0.4, -0.2) is 64.2 Å². The van der Waals surface area contributed by atoms with Crippen molar-refractivity contribution in [3.63, 3.8) is 0 Å². The number of hydrogen-bond acceptors (Lipinski definition) is 3. The number of carbonyl (C=O) groups is 1. The van der Waals surface area contributed by atoms with Crippen LogP contribution in [0.4, 0.5) is 0 Å². The van der Waals surface area contributed by atoms with Crippen LogP contribution in [0.5, 0.6) is 0 Å². The van der Waals surface area contributed by atoms with Crippen molar-refractivity contribution in [2.75, 3.05) is 47.4 Å². The van der Waals surface area contributed by atoms with Gasteiger partial charge in [0.05, 0.1) is 0 Å². The second-order valence-electron chi connectivity index (χ2n) is 6.61. The molecule has 0 spiro atoms. The molecule has 0 heterocycles. The van der Waals surface area contributed by atoms with E-state index >= 15 is 0 Å². The van der Waals surface area contributed by atoms with Crippen LogP contribution in [0.3, 0.4) is 0 Å². The topological polar surface area (TPSA) is 66.0 Å². The standard InChI is InChI=1S/C17H34N4O2/c1-5-18-16(19-12-8-15(22)21(2)3)20-14-17(11-13-23-4)9-6-7-10-17/h5-14H2,1-4H3,(H2,18,19,20). The van der Waals surface area contributed by atoms with E-state index in [-0.39, 0.29) is 11.3 Å². The maximum Gasteiger partial charge on any atom is 0.223 e. The number of methoxy groups -OCH3 is 1. The number of nitrogens with zero attached hydrogens (tertiary/aromatic N) is 2. The van der Waals surface area contributed by atoms with Gasteiger partial charge in [-0.25, -0.2) is 0 Å². The highest BCUT2D eigenvalue weighted by Crippen LogP contribution is 2.41.